The van der Waals surface area contributed by atoms with Crippen LogP contribution in [0.15, 0.2) is 30.6 Å². The molecule has 0 amide bonds. The van der Waals surface area contributed by atoms with Gasteiger partial charge in [0.25, 0.3) is 0 Å². The van der Waals surface area contributed by atoms with Crippen LogP contribution in [0.1, 0.15) is 16.1 Å². The number of aromatic nitrogens is 2. The zero-order chi connectivity index (χ0) is 13.8. The van der Waals surface area contributed by atoms with Crippen molar-refractivity contribution in [2.24, 2.45) is 0 Å². The van der Waals surface area contributed by atoms with Gasteiger partial charge in [0, 0.05) is 25.0 Å². The van der Waals surface area contributed by atoms with Crippen LogP contribution in [0.5, 0.6) is 5.75 Å². The van der Waals surface area contributed by atoms with Crippen LogP contribution in [0.2, 0.25) is 0 Å². The highest BCUT2D eigenvalue weighted by atomic mass is 19.1. The van der Waals surface area contributed by atoms with Crippen LogP contribution in [0, 0.1) is 5.95 Å². The van der Waals surface area contributed by atoms with E-state index in [1.54, 1.807) is 6.07 Å². The normalized spacial score (nSPS) is 10.4. The van der Waals surface area contributed by atoms with Crippen molar-refractivity contribution < 1.29 is 23.4 Å². The standard InChI is InChI=1S/C12H10F2N2O3/c13-7-19-9-4-10(12(17)18)16(6-9)5-8-1-2-15-11(14)3-8/h1-4,6H,5,7H2,(H,17,18). The molecule has 0 saturated heterocycles. The number of rotatable bonds is 5. The minimum Gasteiger partial charge on any atom is -0.477 e. The van der Waals surface area contributed by atoms with E-state index in [9.17, 15) is 13.6 Å². The van der Waals surface area contributed by atoms with Crippen LogP contribution in [-0.4, -0.2) is 27.5 Å². The van der Waals surface area contributed by atoms with Crippen molar-refractivity contribution in [3.8, 4) is 5.75 Å². The largest absolute Gasteiger partial charge is 0.477 e. The third-order valence-corrected chi connectivity index (χ3v) is 2.46. The summed E-state index contributed by atoms with van der Waals surface area (Å²) < 4.78 is 30.9. The fraction of sp³-hybridized carbons (Fsp3) is 0.167. The molecule has 2 aromatic rings. The topological polar surface area (TPSA) is 64.3 Å². The van der Waals surface area contributed by atoms with Gasteiger partial charge in [-0.05, 0) is 17.7 Å². The number of halogens is 2. The Morgan fingerprint density at radius 1 is 1.47 bits per heavy atom. The average Bonchev–Trinajstić information content (AvgIpc) is 2.73. The Bertz CT molecular complexity index is 598. The molecule has 0 aliphatic rings. The lowest BCUT2D eigenvalue weighted by Gasteiger charge is -2.05. The van der Waals surface area contributed by atoms with Crippen molar-refractivity contribution in [1.29, 1.82) is 0 Å². The number of carbonyl (C=O) groups is 1. The Labute approximate surface area is 107 Å². The number of carboxylic acid groups (broad SMARTS) is 1. The van der Waals surface area contributed by atoms with Gasteiger partial charge in [0.2, 0.25) is 12.8 Å². The van der Waals surface area contributed by atoms with E-state index in [0.717, 1.165) is 0 Å². The highest BCUT2D eigenvalue weighted by molar-refractivity contribution is 5.86. The molecule has 0 spiro atoms. The maximum Gasteiger partial charge on any atom is 0.352 e. The van der Waals surface area contributed by atoms with Gasteiger partial charge in [-0.15, -0.1) is 0 Å². The summed E-state index contributed by atoms with van der Waals surface area (Å²) in [5.74, 6) is -1.72. The number of hydrogen-bond donors (Lipinski definition) is 1. The molecule has 0 aromatic carbocycles. The predicted octanol–water partition coefficient (Wildman–Crippen LogP) is 2.07. The summed E-state index contributed by atoms with van der Waals surface area (Å²) in [6.07, 6.45) is 2.63. The van der Waals surface area contributed by atoms with Crippen LogP contribution in [0.4, 0.5) is 8.78 Å². The molecule has 2 rings (SSSR count). The molecule has 0 atom stereocenters. The minimum absolute atomic E-state index is 0.0688. The number of nitrogens with zero attached hydrogens (tertiary/aromatic N) is 2. The molecule has 7 heteroatoms. The van der Waals surface area contributed by atoms with Crippen LogP contribution >= 0.6 is 0 Å². The van der Waals surface area contributed by atoms with Gasteiger partial charge in [0.1, 0.15) is 11.4 Å². The summed E-state index contributed by atoms with van der Waals surface area (Å²) in [4.78, 5) is 14.4. The van der Waals surface area contributed by atoms with Gasteiger partial charge in [-0.25, -0.2) is 14.2 Å². The summed E-state index contributed by atoms with van der Waals surface area (Å²) in [7, 11) is 0. The molecule has 2 aromatic heterocycles. The van der Waals surface area contributed by atoms with Crippen molar-refractivity contribution in [3.63, 3.8) is 0 Å². The molecule has 0 aliphatic heterocycles. The molecule has 1 N–H and O–H groups in total. The number of ether oxygens (including phenoxy) is 1. The molecular weight excluding hydrogens is 258 g/mol. The van der Waals surface area contributed by atoms with Crippen LogP contribution in [-0.2, 0) is 6.54 Å². The SMILES string of the molecule is O=C(O)c1cc(OCF)cn1Cc1ccnc(F)c1. The maximum atomic E-state index is 12.9. The van der Waals surface area contributed by atoms with E-state index in [2.05, 4.69) is 9.72 Å². The van der Waals surface area contributed by atoms with E-state index in [4.69, 9.17) is 5.11 Å². The summed E-state index contributed by atoms with van der Waals surface area (Å²) in [6.45, 7) is -0.927. The van der Waals surface area contributed by atoms with Gasteiger partial charge in [0.15, 0.2) is 0 Å². The lowest BCUT2D eigenvalue weighted by molar-refractivity contribution is 0.0685. The van der Waals surface area contributed by atoms with Gasteiger partial charge in [-0.1, -0.05) is 0 Å². The zero-order valence-electron chi connectivity index (χ0n) is 9.72. The fourth-order valence-electron chi connectivity index (χ4n) is 1.67. The van der Waals surface area contributed by atoms with Crippen molar-refractivity contribution in [2.45, 2.75) is 6.54 Å². The van der Waals surface area contributed by atoms with Crippen LogP contribution in [0.25, 0.3) is 0 Å². The highest BCUT2D eigenvalue weighted by Crippen LogP contribution is 2.18. The third-order valence-electron chi connectivity index (χ3n) is 2.46. The molecule has 0 saturated carbocycles. The molecule has 0 bridgehead atoms. The van der Waals surface area contributed by atoms with Crippen molar-refractivity contribution in [1.82, 2.24) is 9.55 Å². The van der Waals surface area contributed by atoms with Gasteiger partial charge < -0.3 is 14.4 Å². The van der Waals surface area contributed by atoms with Crippen LogP contribution in [0.3, 0.4) is 0 Å². The maximum absolute atomic E-state index is 12.9. The molecule has 0 fully saturated rings. The Morgan fingerprint density at radius 3 is 2.89 bits per heavy atom. The molecule has 0 aliphatic carbocycles. The molecule has 100 valence electrons. The summed E-state index contributed by atoms with van der Waals surface area (Å²) in [5.41, 5.74) is 0.470. The number of alkyl halides is 1. The van der Waals surface area contributed by atoms with E-state index in [1.807, 2.05) is 0 Å². The molecule has 2 heterocycles. The smallest absolute Gasteiger partial charge is 0.352 e. The van der Waals surface area contributed by atoms with Crippen LogP contribution < -0.4 is 4.74 Å². The number of aromatic carboxylic acids is 1. The number of pyridine rings is 1. The van der Waals surface area contributed by atoms with E-state index in [1.165, 1.54) is 29.1 Å². The van der Waals surface area contributed by atoms with Crippen molar-refractivity contribution >= 4 is 5.97 Å². The van der Waals surface area contributed by atoms with E-state index in [-0.39, 0.29) is 18.0 Å². The second-order valence-corrected chi connectivity index (χ2v) is 3.73. The fourth-order valence-corrected chi connectivity index (χ4v) is 1.67. The van der Waals surface area contributed by atoms with Crippen molar-refractivity contribution in [3.05, 3.63) is 47.8 Å². The number of hydrogen-bond acceptors (Lipinski definition) is 3. The summed E-state index contributed by atoms with van der Waals surface area (Å²) >= 11 is 0. The summed E-state index contributed by atoms with van der Waals surface area (Å²) in [6, 6.07) is 3.96. The highest BCUT2D eigenvalue weighted by Gasteiger charge is 2.14. The Hall–Kier alpha value is -2.44. The van der Waals surface area contributed by atoms with Crippen molar-refractivity contribution in [2.75, 3.05) is 6.86 Å². The molecule has 0 unspecified atom stereocenters. The monoisotopic (exact) mass is 268 g/mol. The first-order valence-electron chi connectivity index (χ1n) is 5.33. The molecule has 0 radical (unpaired) electrons. The Morgan fingerprint density at radius 2 is 2.26 bits per heavy atom. The quantitative estimate of drug-likeness (QED) is 0.843. The minimum atomic E-state index is -1.18. The Balaban J connectivity index is 2.30. The first-order valence-corrected chi connectivity index (χ1v) is 5.33. The second-order valence-electron chi connectivity index (χ2n) is 3.73. The molecule has 19 heavy (non-hydrogen) atoms. The number of carboxylic acids is 1. The second kappa shape index (κ2) is 5.47. The Kier molecular flexibility index (Phi) is 3.74. The van der Waals surface area contributed by atoms with E-state index in [0.29, 0.717) is 5.56 Å². The molecular formula is C12H10F2N2O3. The lowest BCUT2D eigenvalue weighted by Crippen LogP contribution is -2.08. The van der Waals surface area contributed by atoms with E-state index >= 15 is 0 Å². The van der Waals surface area contributed by atoms with Gasteiger partial charge >= 0.3 is 5.97 Å². The molecule has 5 nitrogen and oxygen atoms in total. The van der Waals surface area contributed by atoms with E-state index < -0.39 is 18.8 Å². The van der Waals surface area contributed by atoms with Gasteiger partial charge in [-0.2, -0.15) is 4.39 Å². The predicted molar refractivity (Wildman–Crippen MR) is 61.3 cm³/mol. The first kappa shape index (κ1) is 13.0. The lowest BCUT2D eigenvalue weighted by atomic mass is 10.2. The summed E-state index contributed by atoms with van der Waals surface area (Å²) in [5, 5.41) is 9.02. The zero-order valence-corrected chi connectivity index (χ0v) is 9.72. The van der Waals surface area contributed by atoms with Gasteiger partial charge in [-0.3, -0.25) is 0 Å². The first-order chi connectivity index (χ1) is 9.10. The average molecular weight is 268 g/mol. The van der Waals surface area contributed by atoms with Gasteiger partial charge in [0.05, 0.1) is 0 Å². The third kappa shape index (κ3) is 3.06.